The molecule has 0 aliphatic carbocycles. The fourth-order valence-corrected chi connectivity index (χ4v) is 3.76. The number of anilines is 2. The molecular weight excluding hydrogens is 394 g/mol. The van der Waals surface area contributed by atoms with Crippen LogP contribution in [0.4, 0.5) is 11.5 Å². The molecule has 0 radical (unpaired) electrons. The number of nitrogens with zero attached hydrogens (tertiary/aromatic N) is 4. The molecule has 0 atom stereocenters. The van der Waals surface area contributed by atoms with Gasteiger partial charge in [-0.25, -0.2) is 0 Å². The lowest BCUT2D eigenvalue weighted by Crippen LogP contribution is -2.46. The Morgan fingerprint density at radius 1 is 1.00 bits per heavy atom. The first-order valence-corrected chi connectivity index (χ1v) is 10.2. The SMILES string of the molecule is COCOc1ccccc1-c1cc(N2CCN(Cc3cccc(O)c3)CC2)c(N)nn1. The normalized spacial score (nSPS) is 14.5. The van der Waals surface area contributed by atoms with Gasteiger partial charge in [-0.3, -0.25) is 4.90 Å². The Labute approximate surface area is 181 Å². The highest BCUT2D eigenvalue weighted by molar-refractivity contribution is 5.74. The molecule has 0 amide bonds. The molecule has 3 N–H and O–H groups in total. The molecule has 1 saturated heterocycles. The van der Waals surface area contributed by atoms with Gasteiger partial charge in [-0.2, -0.15) is 0 Å². The Morgan fingerprint density at radius 2 is 1.81 bits per heavy atom. The minimum Gasteiger partial charge on any atom is -0.508 e. The van der Waals surface area contributed by atoms with E-state index in [1.54, 1.807) is 13.2 Å². The smallest absolute Gasteiger partial charge is 0.188 e. The monoisotopic (exact) mass is 421 g/mol. The van der Waals surface area contributed by atoms with Crippen LogP contribution in [0.15, 0.2) is 54.6 Å². The summed E-state index contributed by atoms with van der Waals surface area (Å²) in [7, 11) is 1.59. The first kappa shape index (κ1) is 20.9. The highest BCUT2D eigenvalue weighted by atomic mass is 16.7. The van der Waals surface area contributed by atoms with Crippen molar-refractivity contribution < 1.29 is 14.6 Å². The molecule has 31 heavy (non-hydrogen) atoms. The third kappa shape index (κ3) is 5.04. The number of rotatable bonds is 7. The van der Waals surface area contributed by atoms with Crippen LogP contribution < -0.4 is 15.4 Å². The van der Waals surface area contributed by atoms with Crippen molar-refractivity contribution in [3.8, 4) is 22.8 Å². The van der Waals surface area contributed by atoms with E-state index in [0.717, 1.165) is 49.5 Å². The molecular formula is C23H27N5O3. The Kier molecular flexibility index (Phi) is 6.49. The predicted molar refractivity (Wildman–Crippen MR) is 120 cm³/mol. The van der Waals surface area contributed by atoms with Gasteiger partial charge in [0.15, 0.2) is 12.6 Å². The van der Waals surface area contributed by atoms with Gasteiger partial charge < -0.3 is 25.2 Å². The molecule has 8 nitrogen and oxygen atoms in total. The molecule has 162 valence electrons. The van der Waals surface area contributed by atoms with E-state index in [2.05, 4.69) is 20.0 Å². The third-order valence-corrected chi connectivity index (χ3v) is 5.33. The largest absolute Gasteiger partial charge is 0.508 e. The van der Waals surface area contributed by atoms with Crippen LogP contribution in [-0.4, -0.2) is 60.3 Å². The molecule has 1 aliphatic rings. The van der Waals surface area contributed by atoms with Crippen LogP contribution in [0.3, 0.4) is 0 Å². The van der Waals surface area contributed by atoms with Crippen molar-refractivity contribution in [2.75, 3.05) is 50.7 Å². The molecule has 4 rings (SSSR count). The van der Waals surface area contributed by atoms with Crippen LogP contribution in [0.25, 0.3) is 11.3 Å². The molecule has 1 fully saturated rings. The number of methoxy groups -OCH3 is 1. The van der Waals surface area contributed by atoms with E-state index in [-0.39, 0.29) is 6.79 Å². The number of benzene rings is 2. The number of para-hydroxylation sites is 1. The fourth-order valence-electron chi connectivity index (χ4n) is 3.76. The van der Waals surface area contributed by atoms with Gasteiger partial charge in [-0.1, -0.05) is 24.3 Å². The minimum absolute atomic E-state index is 0.160. The number of hydrogen-bond acceptors (Lipinski definition) is 8. The summed E-state index contributed by atoms with van der Waals surface area (Å²) in [4.78, 5) is 4.61. The van der Waals surface area contributed by atoms with E-state index in [0.29, 0.717) is 23.0 Å². The zero-order chi connectivity index (χ0) is 21.6. The Bertz CT molecular complexity index is 1020. The van der Waals surface area contributed by atoms with E-state index in [1.807, 2.05) is 48.5 Å². The molecule has 0 unspecified atom stereocenters. The van der Waals surface area contributed by atoms with Gasteiger partial charge in [0.2, 0.25) is 0 Å². The average molecular weight is 422 g/mol. The van der Waals surface area contributed by atoms with E-state index in [9.17, 15) is 5.11 Å². The quantitative estimate of drug-likeness (QED) is 0.562. The van der Waals surface area contributed by atoms with Crippen LogP contribution >= 0.6 is 0 Å². The highest BCUT2D eigenvalue weighted by Gasteiger charge is 2.21. The average Bonchev–Trinajstić information content (AvgIpc) is 2.79. The third-order valence-electron chi connectivity index (χ3n) is 5.33. The van der Waals surface area contributed by atoms with Crippen molar-refractivity contribution >= 4 is 11.5 Å². The van der Waals surface area contributed by atoms with Gasteiger partial charge in [-0.15, -0.1) is 10.2 Å². The molecule has 8 heteroatoms. The van der Waals surface area contributed by atoms with Crippen molar-refractivity contribution in [3.63, 3.8) is 0 Å². The lowest BCUT2D eigenvalue weighted by Gasteiger charge is -2.36. The maximum absolute atomic E-state index is 9.68. The van der Waals surface area contributed by atoms with Gasteiger partial charge in [0.05, 0.1) is 11.4 Å². The van der Waals surface area contributed by atoms with Crippen molar-refractivity contribution in [1.82, 2.24) is 15.1 Å². The molecule has 1 aromatic heterocycles. The fraction of sp³-hybridized carbons (Fsp3) is 0.304. The van der Waals surface area contributed by atoms with Gasteiger partial charge >= 0.3 is 0 Å². The summed E-state index contributed by atoms with van der Waals surface area (Å²) in [5.41, 5.74) is 9.72. The number of aromatic nitrogens is 2. The standard InChI is InChI=1S/C23H27N5O3/c1-30-16-31-22-8-3-2-7-19(22)20-14-21(23(24)26-25-20)28-11-9-27(10-12-28)15-17-5-4-6-18(29)13-17/h2-8,13-14,29H,9-12,15-16H2,1H3,(H2,24,26). The zero-order valence-corrected chi connectivity index (χ0v) is 17.6. The van der Waals surface area contributed by atoms with Crippen LogP contribution in [0, 0.1) is 0 Å². The number of hydrogen-bond donors (Lipinski definition) is 2. The summed E-state index contributed by atoms with van der Waals surface area (Å²) in [6, 6.07) is 17.1. The molecule has 3 aromatic rings. The Hall–Kier alpha value is -3.36. The van der Waals surface area contributed by atoms with Crippen LogP contribution in [0.5, 0.6) is 11.5 Å². The van der Waals surface area contributed by atoms with Crippen LogP contribution in [-0.2, 0) is 11.3 Å². The molecule has 1 aliphatic heterocycles. The van der Waals surface area contributed by atoms with Gasteiger partial charge in [0.25, 0.3) is 0 Å². The number of aromatic hydroxyl groups is 1. The number of phenolic OH excluding ortho intramolecular Hbond substituents is 1. The van der Waals surface area contributed by atoms with E-state index in [4.69, 9.17) is 15.2 Å². The Morgan fingerprint density at radius 3 is 2.58 bits per heavy atom. The highest BCUT2D eigenvalue weighted by Crippen LogP contribution is 2.32. The maximum Gasteiger partial charge on any atom is 0.188 e. The van der Waals surface area contributed by atoms with Crippen molar-refractivity contribution in [2.24, 2.45) is 0 Å². The van der Waals surface area contributed by atoms with E-state index < -0.39 is 0 Å². The summed E-state index contributed by atoms with van der Waals surface area (Å²) < 4.78 is 10.7. The lowest BCUT2D eigenvalue weighted by molar-refractivity contribution is 0.0515. The molecule has 0 saturated carbocycles. The maximum atomic E-state index is 9.68. The number of piperazine rings is 1. The van der Waals surface area contributed by atoms with Gasteiger partial charge in [-0.05, 0) is 35.9 Å². The second-order valence-electron chi connectivity index (χ2n) is 7.48. The van der Waals surface area contributed by atoms with Gasteiger partial charge in [0.1, 0.15) is 11.5 Å². The van der Waals surface area contributed by atoms with E-state index in [1.165, 1.54) is 0 Å². The molecule has 2 heterocycles. The number of phenols is 1. The molecule has 0 bridgehead atoms. The summed E-state index contributed by atoms with van der Waals surface area (Å²) in [5, 5.41) is 18.2. The summed E-state index contributed by atoms with van der Waals surface area (Å²) in [5.74, 6) is 1.40. The van der Waals surface area contributed by atoms with Crippen LogP contribution in [0.1, 0.15) is 5.56 Å². The van der Waals surface area contributed by atoms with Crippen LogP contribution in [0.2, 0.25) is 0 Å². The first-order valence-electron chi connectivity index (χ1n) is 10.2. The predicted octanol–water partition coefficient (Wildman–Crippen LogP) is 2.74. The summed E-state index contributed by atoms with van der Waals surface area (Å²) >= 11 is 0. The summed E-state index contributed by atoms with van der Waals surface area (Å²) in [6.45, 7) is 4.40. The van der Waals surface area contributed by atoms with Crippen molar-refractivity contribution in [3.05, 3.63) is 60.2 Å². The molecule has 2 aromatic carbocycles. The lowest BCUT2D eigenvalue weighted by atomic mass is 10.1. The topological polar surface area (TPSA) is 97.0 Å². The number of nitrogen functional groups attached to an aromatic ring is 1. The molecule has 0 spiro atoms. The second kappa shape index (κ2) is 9.63. The van der Waals surface area contributed by atoms with Gasteiger partial charge in [0, 0.05) is 45.4 Å². The number of nitrogens with two attached hydrogens (primary N) is 1. The Balaban J connectivity index is 1.47. The van der Waals surface area contributed by atoms with Crippen molar-refractivity contribution in [1.29, 1.82) is 0 Å². The van der Waals surface area contributed by atoms with E-state index >= 15 is 0 Å². The number of ether oxygens (including phenoxy) is 2. The second-order valence-corrected chi connectivity index (χ2v) is 7.48. The zero-order valence-electron chi connectivity index (χ0n) is 17.6. The summed E-state index contributed by atoms with van der Waals surface area (Å²) in [6.07, 6.45) is 0. The van der Waals surface area contributed by atoms with Crippen molar-refractivity contribution in [2.45, 2.75) is 6.54 Å². The minimum atomic E-state index is 0.160. The first-order chi connectivity index (χ1) is 15.1.